The van der Waals surface area contributed by atoms with Crippen molar-refractivity contribution in [1.82, 2.24) is 14.8 Å². The summed E-state index contributed by atoms with van der Waals surface area (Å²) >= 11 is 0. The number of furan rings is 1. The molecule has 1 aliphatic carbocycles. The average Bonchev–Trinajstić information content (AvgIpc) is 3.28. The van der Waals surface area contributed by atoms with Crippen LogP contribution in [0, 0.1) is 6.92 Å². The quantitative estimate of drug-likeness (QED) is 0.847. The molecule has 8 heteroatoms. The van der Waals surface area contributed by atoms with Crippen LogP contribution in [0.4, 0.5) is 0 Å². The van der Waals surface area contributed by atoms with Crippen LogP contribution in [0.2, 0.25) is 0 Å². The van der Waals surface area contributed by atoms with E-state index in [9.17, 15) is 14.7 Å². The van der Waals surface area contributed by atoms with Gasteiger partial charge in [-0.3, -0.25) is 9.59 Å². The summed E-state index contributed by atoms with van der Waals surface area (Å²) in [5.74, 6) is 0.466. The first-order valence-electron chi connectivity index (χ1n) is 8.42. The second-order valence-electron chi connectivity index (χ2n) is 6.76. The minimum absolute atomic E-state index is 0.203. The first-order chi connectivity index (χ1) is 12.0. The summed E-state index contributed by atoms with van der Waals surface area (Å²) in [6.07, 6.45) is 3.73. The standard InChI is InChI=1S/C17H19N3O5/c1-10-4-5-12(24-10)15-18-16(20(19-15)9-13(21)22)11-8-14(23)25-17(11)6-2-3-7-17/h4-5,11H,2-3,6-9H2,1H3,(H,21,22)/t11-/m1/s1. The van der Waals surface area contributed by atoms with Crippen molar-refractivity contribution in [2.45, 2.75) is 57.1 Å². The molecular formula is C17H19N3O5. The van der Waals surface area contributed by atoms with E-state index in [4.69, 9.17) is 9.15 Å². The summed E-state index contributed by atoms with van der Waals surface area (Å²) in [6, 6.07) is 3.55. The van der Waals surface area contributed by atoms with Gasteiger partial charge in [-0.15, -0.1) is 5.10 Å². The minimum atomic E-state index is -1.01. The molecule has 0 amide bonds. The summed E-state index contributed by atoms with van der Waals surface area (Å²) in [4.78, 5) is 27.8. The summed E-state index contributed by atoms with van der Waals surface area (Å²) in [7, 11) is 0. The highest BCUT2D eigenvalue weighted by Gasteiger charge is 2.53. The third-order valence-electron chi connectivity index (χ3n) is 5.03. The van der Waals surface area contributed by atoms with Gasteiger partial charge in [0.05, 0.1) is 12.3 Å². The predicted octanol–water partition coefficient (Wildman–Crippen LogP) is 2.27. The van der Waals surface area contributed by atoms with E-state index in [2.05, 4.69) is 10.1 Å². The number of aromatic nitrogens is 3. The summed E-state index contributed by atoms with van der Waals surface area (Å²) in [5.41, 5.74) is -0.573. The zero-order valence-electron chi connectivity index (χ0n) is 13.9. The highest BCUT2D eigenvalue weighted by Crippen LogP contribution is 2.50. The fourth-order valence-corrected chi connectivity index (χ4v) is 3.96. The van der Waals surface area contributed by atoms with E-state index in [-0.39, 0.29) is 24.9 Å². The molecule has 0 radical (unpaired) electrons. The van der Waals surface area contributed by atoms with E-state index < -0.39 is 11.6 Å². The van der Waals surface area contributed by atoms with Crippen molar-refractivity contribution < 1.29 is 23.8 Å². The van der Waals surface area contributed by atoms with Crippen LogP contribution in [-0.4, -0.2) is 37.4 Å². The van der Waals surface area contributed by atoms with Gasteiger partial charge in [0, 0.05) is 0 Å². The molecular weight excluding hydrogens is 326 g/mol. The van der Waals surface area contributed by atoms with Gasteiger partial charge in [-0.25, -0.2) is 9.67 Å². The van der Waals surface area contributed by atoms with Crippen molar-refractivity contribution in [3.05, 3.63) is 23.7 Å². The predicted molar refractivity (Wildman–Crippen MR) is 84.7 cm³/mol. The summed E-state index contributed by atoms with van der Waals surface area (Å²) in [6.45, 7) is 1.50. The zero-order chi connectivity index (χ0) is 17.6. The Balaban J connectivity index is 1.78. The maximum absolute atomic E-state index is 12.0. The van der Waals surface area contributed by atoms with Crippen molar-refractivity contribution in [3.8, 4) is 11.6 Å². The number of esters is 1. The zero-order valence-corrected chi connectivity index (χ0v) is 13.9. The molecule has 1 atom stereocenters. The number of carbonyl (C=O) groups is 2. The van der Waals surface area contributed by atoms with Crippen molar-refractivity contribution in [1.29, 1.82) is 0 Å². The maximum Gasteiger partial charge on any atom is 0.325 e. The molecule has 0 bridgehead atoms. The van der Waals surface area contributed by atoms with Gasteiger partial charge in [0.1, 0.15) is 23.7 Å². The van der Waals surface area contributed by atoms with E-state index in [1.165, 1.54) is 4.68 Å². The van der Waals surface area contributed by atoms with Crippen LogP contribution in [0.5, 0.6) is 0 Å². The van der Waals surface area contributed by atoms with E-state index in [0.717, 1.165) is 31.4 Å². The van der Waals surface area contributed by atoms with Crippen LogP contribution in [0.1, 0.15) is 49.6 Å². The average molecular weight is 345 g/mol. The molecule has 1 saturated carbocycles. The SMILES string of the molecule is Cc1ccc(-c2nc([C@H]3CC(=O)OC34CCCC4)n(CC(=O)O)n2)o1. The van der Waals surface area contributed by atoms with Gasteiger partial charge in [0.25, 0.3) is 0 Å². The normalized spacial score (nSPS) is 21.8. The molecule has 3 heterocycles. The molecule has 1 aliphatic heterocycles. The van der Waals surface area contributed by atoms with Crippen LogP contribution in [-0.2, 0) is 20.9 Å². The Hall–Kier alpha value is -2.64. The third-order valence-corrected chi connectivity index (χ3v) is 5.03. The van der Waals surface area contributed by atoms with Gasteiger partial charge in [0.2, 0.25) is 5.82 Å². The van der Waals surface area contributed by atoms with Gasteiger partial charge >= 0.3 is 11.9 Å². The minimum Gasteiger partial charge on any atom is -0.480 e. The molecule has 2 aromatic heterocycles. The summed E-state index contributed by atoms with van der Waals surface area (Å²) in [5, 5.41) is 13.5. The molecule has 0 unspecified atom stereocenters. The van der Waals surface area contributed by atoms with Crippen molar-refractivity contribution in [2.24, 2.45) is 0 Å². The molecule has 2 aliphatic rings. The number of ether oxygens (including phenoxy) is 1. The van der Waals surface area contributed by atoms with Crippen LogP contribution >= 0.6 is 0 Å². The molecule has 2 fully saturated rings. The van der Waals surface area contributed by atoms with E-state index >= 15 is 0 Å². The molecule has 25 heavy (non-hydrogen) atoms. The number of hydrogen-bond acceptors (Lipinski definition) is 6. The second-order valence-corrected chi connectivity index (χ2v) is 6.76. The van der Waals surface area contributed by atoms with E-state index in [0.29, 0.717) is 17.4 Å². The number of carboxylic acid groups (broad SMARTS) is 1. The molecule has 1 saturated heterocycles. The Labute approximate surface area is 143 Å². The van der Waals surface area contributed by atoms with Gasteiger partial charge < -0.3 is 14.3 Å². The Kier molecular flexibility index (Phi) is 3.63. The lowest BCUT2D eigenvalue weighted by atomic mass is 9.85. The van der Waals surface area contributed by atoms with Crippen LogP contribution in [0.15, 0.2) is 16.5 Å². The second kappa shape index (κ2) is 5.72. The monoisotopic (exact) mass is 345 g/mol. The lowest BCUT2D eigenvalue weighted by molar-refractivity contribution is -0.148. The number of aryl methyl sites for hydroxylation is 1. The number of hydrogen-bond donors (Lipinski definition) is 1. The Morgan fingerprint density at radius 3 is 2.80 bits per heavy atom. The Morgan fingerprint density at radius 1 is 1.40 bits per heavy atom. The van der Waals surface area contributed by atoms with E-state index in [1.54, 1.807) is 12.1 Å². The molecule has 132 valence electrons. The third kappa shape index (κ3) is 2.71. The highest BCUT2D eigenvalue weighted by atomic mass is 16.6. The Morgan fingerprint density at radius 2 is 2.16 bits per heavy atom. The molecule has 1 N–H and O–H groups in total. The van der Waals surface area contributed by atoms with Gasteiger partial charge in [-0.2, -0.15) is 0 Å². The van der Waals surface area contributed by atoms with Gasteiger partial charge in [0.15, 0.2) is 5.76 Å². The molecule has 0 aromatic carbocycles. The maximum atomic E-state index is 12.0. The number of rotatable bonds is 4. The van der Waals surface area contributed by atoms with Gasteiger partial charge in [-0.1, -0.05) is 0 Å². The fourth-order valence-electron chi connectivity index (χ4n) is 3.96. The molecule has 1 spiro atoms. The lowest BCUT2D eigenvalue weighted by Crippen LogP contribution is -2.32. The molecule has 8 nitrogen and oxygen atoms in total. The first kappa shape index (κ1) is 15.9. The fraction of sp³-hybridized carbons (Fsp3) is 0.529. The molecule has 2 aromatic rings. The van der Waals surface area contributed by atoms with Crippen molar-refractivity contribution >= 4 is 11.9 Å². The van der Waals surface area contributed by atoms with Gasteiger partial charge in [-0.05, 0) is 44.7 Å². The van der Waals surface area contributed by atoms with Crippen LogP contribution in [0.25, 0.3) is 11.6 Å². The number of carbonyl (C=O) groups excluding carboxylic acids is 1. The summed E-state index contributed by atoms with van der Waals surface area (Å²) < 4.78 is 12.6. The topological polar surface area (TPSA) is 107 Å². The smallest absolute Gasteiger partial charge is 0.325 e. The van der Waals surface area contributed by atoms with Crippen molar-refractivity contribution in [3.63, 3.8) is 0 Å². The highest BCUT2D eigenvalue weighted by molar-refractivity contribution is 5.74. The van der Waals surface area contributed by atoms with Crippen LogP contribution < -0.4 is 0 Å². The molecule has 4 rings (SSSR count). The largest absolute Gasteiger partial charge is 0.480 e. The van der Waals surface area contributed by atoms with Crippen LogP contribution in [0.3, 0.4) is 0 Å². The Bertz CT molecular complexity index is 831. The number of nitrogens with zero attached hydrogens (tertiary/aromatic N) is 3. The van der Waals surface area contributed by atoms with Crippen molar-refractivity contribution in [2.75, 3.05) is 0 Å². The van der Waals surface area contributed by atoms with E-state index in [1.807, 2.05) is 6.92 Å². The number of aliphatic carboxylic acids is 1. The first-order valence-corrected chi connectivity index (χ1v) is 8.42. The lowest BCUT2D eigenvalue weighted by Gasteiger charge is -2.28. The number of carboxylic acids is 1.